The number of hydrogen-bond donors (Lipinski definition) is 0. The number of aryl methyl sites for hydroxylation is 1. The zero-order valence-corrected chi connectivity index (χ0v) is 9.27. The van der Waals surface area contributed by atoms with E-state index in [2.05, 4.69) is 0 Å². The second-order valence-corrected chi connectivity index (χ2v) is 3.84. The molecule has 1 aromatic rings. The topological polar surface area (TPSA) is 17.1 Å². The van der Waals surface area contributed by atoms with Crippen LogP contribution in [0, 0.1) is 5.82 Å². The molecule has 0 fully saturated rings. The van der Waals surface area contributed by atoms with Gasteiger partial charge in [0.15, 0.2) is 0 Å². The van der Waals surface area contributed by atoms with Crippen molar-refractivity contribution in [3.8, 4) is 0 Å². The van der Waals surface area contributed by atoms with E-state index in [4.69, 9.17) is 11.6 Å². The van der Waals surface area contributed by atoms with E-state index in [9.17, 15) is 9.18 Å². The van der Waals surface area contributed by atoms with Crippen LogP contribution in [-0.2, 0) is 6.42 Å². The molecule has 1 nitrogen and oxygen atoms in total. The van der Waals surface area contributed by atoms with E-state index in [1.54, 1.807) is 0 Å². The lowest BCUT2D eigenvalue weighted by atomic mass is 10.0. The van der Waals surface area contributed by atoms with Crippen LogP contribution in [0.15, 0.2) is 18.2 Å². The number of hydrogen-bond acceptors (Lipinski definition) is 1. The molecule has 1 rings (SSSR count). The van der Waals surface area contributed by atoms with Crippen LogP contribution in [0.3, 0.4) is 0 Å². The summed E-state index contributed by atoms with van der Waals surface area (Å²) in [5.41, 5.74) is 1.38. The molecule has 0 aliphatic heterocycles. The first kappa shape index (κ1) is 12.2. The summed E-state index contributed by atoms with van der Waals surface area (Å²) in [6.45, 7) is 0. The minimum absolute atomic E-state index is 0.284. The number of unbranched alkanes of at least 4 members (excludes halogenated alkanes) is 2. The van der Waals surface area contributed by atoms with Gasteiger partial charge in [0.25, 0.3) is 0 Å². The van der Waals surface area contributed by atoms with Crippen molar-refractivity contribution in [3.63, 3.8) is 0 Å². The molecule has 0 N–H and O–H groups in total. The Labute approximate surface area is 94.3 Å². The summed E-state index contributed by atoms with van der Waals surface area (Å²) in [5, 5.41) is 0. The largest absolute Gasteiger partial charge is 0.298 e. The Morgan fingerprint density at radius 2 is 2.07 bits per heavy atom. The molecule has 15 heavy (non-hydrogen) atoms. The molecule has 0 unspecified atom stereocenters. The molecule has 0 saturated carbocycles. The smallest absolute Gasteiger partial charge is 0.150 e. The van der Waals surface area contributed by atoms with Gasteiger partial charge in [-0.25, -0.2) is 4.39 Å². The van der Waals surface area contributed by atoms with E-state index in [0.29, 0.717) is 11.4 Å². The SMILES string of the molecule is O=Cc1ccc(F)cc1CCCCCCl. The lowest BCUT2D eigenvalue weighted by Gasteiger charge is -2.04. The quantitative estimate of drug-likeness (QED) is 0.413. The maximum absolute atomic E-state index is 12.9. The summed E-state index contributed by atoms with van der Waals surface area (Å²) in [6.07, 6.45) is 4.43. The summed E-state index contributed by atoms with van der Waals surface area (Å²) in [7, 11) is 0. The highest BCUT2D eigenvalue weighted by molar-refractivity contribution is 6.17. The van der Waals surface area contributed by atoms with Gasteiger partial charge in [-0.05, 0) is 43.0 Å². The maximum Gasteiger partial charge on any atom is 0.150 e. The van der Waals surface area contributed by atoms with Crippen LogP contribution in [0.25, 0.3) is 0 Å². The number of rotatable bonds is 6. The van der Waals surface area contributed by atoms with Crippen LogP contribution in [0.5, 0.6) is 0 Å². The second kappa shape index (κ2) is 6.57. The van der Waals surface area contributed by atoms with Crippen molar-refractivity contribution in [1.29, 1.82) is 0 Å². The van der Waals surface area contributed by atoms with E-state index in [0.717, 1.165) is 37.5 Å². The van der Waals surface area contributed by atoms with Gasteiger partial charge in [-0.2, -0.15) is 0 Å². The van der Waals surface area contributed by atoms with Gasteiger partial charge in [-0.15, -0.1) is 11.6 Å². The minimum Gasteiger partial charge on any atom is -0.298 e. The van der Waals surface area contributed by atoms with Crippen LogP contribution in [0.2, 0.25) is 0 Å². The van der Waals surface area contributed by atoms with Crippen LogP contribution in [-0.4, -0.2) is 12.2 Å². The Kier molecular flexibility index (Phi) is 5.33. The molecule has 1 aromatic carbocycles. The standard InChI is InChI=1S/C12H14ClFO/c13-7-3-1-2-4-10-8-12(14)6-5-11(10)9-15/h5-6,8-9H,1-4,7H2. The molecule has 0 spiro atoms. The minimum atomic E-state index is -0.284. The van der Waals surface area contributed by atoms with Gasteiger partial charge in [0.1, 0.15) is 12.1 Å². The van der Waals surface area contributed by atoms with Gasteiger partial charge >= 0.3 is 0 Å². The van der Waals surface area contributed by atoms with Crippen molar-refractivity contribution in [1.82, 2.24) is 0 Å². The molecule has 0 aromatic heterocycles. The molecule has 0 bridgehead atoms. The van der Waals surface area contributed by atoms with E-state index in [-0.39, 0.29) is 5.82 Å². The molecule has 0 aliphatic rings. The first-order valence-electron chi connectivity index (χ1n) is 5.07. The molecular weight excluding hydrogens is 215 g/mol. The maximum atomic E-state index is 12.9. The lowest BCUT2D eigenvalue weighted by molar-refractivity contribution is 0.112. The van der Waals surface area contributed by atoms with Crippen molar-refractivity contribution in [2.24, 2.45) is 0 Å². The monoisotopic (exact) mass is 228 g/mol. The van der Waals surface area contributed by atoms with Gasteiger partial charge in [0.05, 0.1) is 0 Å². The van der Waals surface area contributed by atoms with Crippen molar-refractivity contribution >= 4 is 17.9 Å². The Morgan fingerprint density at radius 1 is 1.27 bits per heavy atom. The highest BCUT2D eigenvalue weighted by atomic mass is 35.5. The number of halogens is 2. The third kappa shape index (κ3) is 4.00. The summed E-state index contributed by atoms with van der Waals surface area (Å²) in [4.78, 5) is 10.7. The van der Waals surface area contributed by atoms with Gasteiger partial charge in [-0.1, -0.05) is 6.42 Å². The Bertz CT molecular complexity index is 325. The predicted molar refractivity (Wildman–Crippen MR) is 60.1 cm³/mol. The zero-order chi connectivity index (χ0) is 11.1. The van der Waals surface area contributed by atoms with Crippen molar-refractivity contribution in [2.45, 2.75) is 25.7 Å². The zero-order valence-electron chi connectivity index (χ0n) is 8.51. The van der Waals surface area contributed by atoms with Crippen LogP contribution < -0.4 is 0 Å². The van der Waals surface area contributed by atoms with Crippen molar-refractivity contribution < 1.29 is 9.18 Å². The Hall–Kier alpha value is -0.890. The van der Waals surface area contributed by atoms with E-state index >= 15 is 0 Å². The van der Waals surface area contributed by atoms with E-state index in [1.165, 1.54) is 18.2 Å². The van der Waals surface area contributed by atoms with Gasteiger partial charge in [0.2, 0.25) is 0 Å². The molecule has 0 radical (unpaired) electrons. The first-order valence-corrected chi connectivity index (χ1v) is 5.61. The van der Waals surface area contributed by atoms with Crippen molar-refractivity contribution in [3.05, 3.63) is 35.1 Å². The number of alkyl halides is 1. The number of carbonyl (C=O) groups is 1. The molecule has 82 valence electrons. The highest BCUT2D eigenvalue weighted by Crippen LogP contribution is 2.13. The van der Waals surface area contributed by atoms with Crippen molar-refractivity contribution in [2.75, 3.05) is 5.88 Å². The van der Waals surface area contributed by atoms with Crippen LogP contribution in [0.1, 0.15) is 35.2 Å². The fraction of sp³-hybridized carbons (Fsp3) is 0.417. The summed E-state index contributed by atoms with van der Waals surface area (Å²) in [5.74, 6) is 0.372. The third-order valence-corrected chi connectivity index (χ3v) is 2.58. The Balaban J connectivity index is 2.58. The number of aldehydes is 1. The molecule has 0 aliphatic carbocycles. The molecule has 0 amide bonds. The average Bonchev–Trinajstić information content (AvgIpc) is 2.25. The van der Waals surface area contributed by atoms with Gasteiger partial charge in [-0.3, -0.25) is 4.79 Å². The number of carbonyl (C=O) groups excluding carboxylic acids is 1. The predicted octanol–water partition coefficient (Wildman–Crippen LogP) is 3.59. The van der Waals surface area contributed by atoms with Gasteiger partial charge < -0.3 is 0 Å². The van der Waals surface area contributed by atoms with Gasteiger partial charge in [0, 0.05) is 11.4 Å². The fourth-order valence-corrected chi connectivity index (χ4v) is 1.68. The van der Waals surface area contributed by atoms with E-state index < -0.39 is 0 Å². The average molecular weight is 229 g/mol. The normalized spacial score (nSPS) is 10.3. The Morgan fingerprint density at radius 3 is 2.73 bits per heavy atom. The molecule has 0 atom stereocenters. The number of benzene rings is 1. The fourth-order valence-electron chi connectivity index (χ4n) is 1.49. The summed E-state index contributed by atoms with van der Waals surface area (Å²) < 4.78 is 12.9. The lowest BCUT2D eigenvalue weighted by Crippen LogP contribution is -1.94. The van der Waals surface area contributed by atoms with Crippen LogP contribution >= 0.6 is 11.6 Å². The molecular formula is C12H14ClFO. The molecule has 3 heteroatoms. The second-order valence-electron chi connectivity index (χ2n) is 3.46. The first-order chi connectivity index (χ1) is 7.27. The summed E-state index contributed by atoms with van der Waals surface area (Å²) >= 11 is 5.55. The van der Waals surface area contributed by atoms with E-state index in [1.807, 2.05) is 0 Å². The van der Waals surface area contributed by atoms with Crippen LogP contribution in [0.4, 0.5) is 4.39 Å². The highest BCUT2D eigenvalue weighted by Gasteiger charge is 2.03. The third-order valence-electron chi connectivity index (χ3n) is 2.31. The molecule has 0 saturated heterocycles. The molecule has 0 heterocycles. The summed E-state index contributed by atoms with van der Waals surface area (Å²) in [6, 6.07) is 4.27.